The van der Waals surface area contributed by atoms with Gasteiger partial charge < -0.3 is 0 Å². The van der Waals surface area contributed by atoms with Crippen LogP contribution in [0.2, 0.25) is 0 Å². The van der Waals surface area contributed by atoms with Gasteiger partial charge in [-0.1, -0.05) is 62.7 Å². The van der Waals surface area contributed by atoms with E-state index >= 15 is 4.39 Å². The molecule has 0 aromatic heterocycles. The molecular formula is C28H25F5. The molecule has 0 saturated carbocycles. The minimum Gasteiger partial charge on any atom is -0.206 e. The minimum absolute atomic E-state index is 0.0119. The summed E-state index contributed by atoms with van der Waals surface area (Å²) in [4.78, 5) is 0. The third kappa shape index (κ3) is 4.21. The Morgan fingerprint density at radius 3 is 1.97 bits per heavy atom. The van der Waals surface area contributed by atoms with E-state index in [0.29, 0.717) is 41.5 Å². The van der Waals surface area contributed by atoms with Crippen molar-refractivity contribution in [2.45, 2.75) is 52.4 Å². The van der Waals surface area contributed by atoms with Gasteiger partial charge in [0.2, 0.25) is 0 Å². The second-order valence-electron chi connectivity index (χ2n) is 8.42. The third-order valence-electron chi connectivity index (χ3n) is 6.39. The van der Waals surface area contributed by atoms with Crippen molar-refractivity contribution in [3.8, 4) is 11.1 Å². The van der Waals surface area contributed by atoms with Crippen LogP contribution >= 0.6 is 0 Å². The van der Waals surface area contributed by atoms with Crippen molar-refractivity contribution >= 4 is 11.6 Å². The minimum atomic E-state index is -1.07. The van der Waals surface area contributed by atoms with Crippen LogP contribution in [0, 0.1) is 29.1 Å². The molecule has 0 spiro atoms. The van der Waals surface area contributed by atoms with Gasteiger partial charge in [-0.05, 0) is 59.9 Å². The molecule has 3 aromatic rings. The molecule has 0 saturated heterocycles. The predicted octanol–water partition coefficient (Wildman–Crippen LogP) is 8.44. The number of rotatable bonds is 6. The molecular weight excluding hydrogens is 431 g/mol. The summed E-state index contributed by atoms with van der Waals surface area (Å²) in [7, 11) is 0. The molecule has 5 heteroatoms. The first-order valence-electron chi connectivity index (χ1n) is 11.3. The largest absolute Gasteiger partial charge is 0.206 e. The molecule has 1 aliphatic rings. The third-order valence-corrected chi connectivity index (χ3v) is 6.39. The normalized spacial score (nSPS) is 13.1. The SMILES string of the molecule is CCCCc1ccc(C2=Cc3ccc(-c4ccc(CC)c(F)c4F)c(F)c3CC2)c(F)c1F. The topological polar surface area (TPSA) is 0 Å². The van der Waals surface area contributed by atoms with Crippen molar-refractivity contribution in [3.05, 3.63) is 93.3 Å². The van der Waals surface area contributed by atoms with Crippen molar-refractivity contribution in [3.63, 3.8) is 0 Å². The number of benzene rings is 3. The van der Waals surface area contributed by atoms with E-state index in [0.717, 1.165) is 12.8 Å². The van der Waals surface area contributed by atoms with E-state index in [4.69, 9.17) is 0 Å². The highest BCUT2D eigenvalue weighted by Gasteiger charge is 2.24. The quantitative estimate of drug-likeness (QED) is 0.327. The second-order valence-corrected chi connectivity index (χ2v) is 8.42. The zero-order valence-electron chi connectivity index (χ0n) is 18.7. The highest BCUT2D eigenvalue weighted by Crippen LogP contribution is 2.38. The fourth-order valence-corrected chi connectivity index (χ4v) is 4.43. The zero-order chi connectivity index (χ0) is 23.7. The van der Waals surface area contributed by atoms with Crippen LogP contribution in [0.15, 0.2) is 36.4 Å². The van der Waals surface area contributed by atoms with Crippen molar-refractivity contribution < 1.29 is 22.0 Å². The van der Waals surface area contributed by atoms with Crippen LogP contribution < -0.4 is 0 Å². The van der Waals surface area contributed by atoms with Crippen LogP contribution in [0.3, 0.4) is 0 Å². The van der Waals surface area contributed by atoms with Gasteiger partial charge in [0, 0.05) is 16.7 Å². The summed E-state index contributed by atoms with van der Waals surface area (Å²) >= 11 is 0. The summed E-state index contributed by atoms with van der Waals surface area (Å²) in [6, 6.07) is 9.07. The predicted molar refractivity (Wildman–Crippen MR) is 122 cm³/mol. The molecule has 0 amide bonds. The Labute approximate surface area is 190 Å². The van der Waals surface area contributed by atoms with Gasteiger partial charge in [0.25, 0.3) is 0 Å². The number of unbranched alkanes of at least 4 members (excludes halogenated alkanes) is 1. The van der Waals surface area contributed by atoms with Crippen LogP contribution in [0.5, 0.6) is 0 Å². The summed E-state index contributed by atoms with van der Waals surface area (Å²) in [6.45, 7) is 3.71. The molecule has 4 rings (SSSR count). The maximum atomic E-state index is 15.3. The highest BCUT2D eigenvalue weighted by atomic mass is 19.2. The van der Waals surface area contributed by atoms with Crippen molar-refractivity contribution in [1.82, 2.24) is 0 Å². The van der Waals surface area contributed by atoms with E-state index < -0.39 is 29.1 Å². The van der Waals surface area contributed by atoms with Gasteiger partial charge in [0.05, 0.1) is 0 Å². The number of aryl methyl sites for hydroxylation is 2. The summed E-state index contributed by atoms with van der Waals surface area (Å²) in [6.07, 6.45) is 4.68. The molecule has 0 nitrogen and oxygen atoms in total. The lowest BCUT2D eigenvalue weighted by Crippen LogP contribution is -2.07. The molecule has 0 bridgehead atoms. The van der Waals surface area contributed by atoms with E-state index in [9.17, 15) is 17.6 Å². The fourth-order valence-electron chi connectivity index (χ4n) is 4.43. The second kappa shape index (κ2) is 9.50. The maximum Gasteiger partial charge on any atom is 0.167 e. The lowest BCUT2D eigenvalue weighted by atomic mass is 9.85. The van der Waals surface area contributed by atoms with Crippen molar-refractivity contribution in [1.29, 1.82) is 0 Å². The smallest absolute Gasteiger partial charge is 0.167 e. The Kier molecular flexibility index (Phi) is 6.68. The first-order valence-corrected chi connectivity index (χ1v) is 11.3. The molecule has 0 N–H and O–H groups in total. The monoisotopic (exact) mass is 456 g/mol. The first-order chi connectivity index (χ1) is 15.9. The molecule has 0 radical (unpaired) electrons. The van der Waals surface area contributed by atoms with Gasteiger partial charge in [0.15, 0.2) is 23.3 Å². The molecule has 1 aliphatic carbocycles. The van der Waals surface area contributed by atoms with Crippen LogP contribution in [-0.2, 0) is 19.3 Å². The molecule has 3 aromatic carbocycles. The van der Waals surface area contributed by atoms with Gasteiger partial charge in [-0.15, -0.1) is 0 Å². The summed E-state index contributed by atoms with van der Waals surface area (Å²) in [5.41, 5.74) is 2.09. The average molecular weight is 456 g/mol. The Bertz CT molecular complexity index is 1240. The average Bonchev–Trinajstić information content (AvgIpc) is 2.82. The Morgan fingerprint density at radius 2 is 1.24 bits per heavy atom. The first kappa shape index (κ1) is 23.2. The Morgan fingerprint density at radius 1 is 0.636 bits per heavy atom. The fraction of sp³-hybridized carbons (Fsp3) is 0.286. The van der Waals surface area contributed by atoms with Gasteiger partial charge in [0.1, 0.15) is 5.82 Å². The van der Waals surface area contributed by atoms with E-state index in [-0.39, 0.29) is 28.7 Å². The molecule has 0 atom stereocenters. The van der Waals surface area contributed by atoms with E-state index in [1.807, 2.05) is 6.92 Å². The molecule has 0 unspecified atom stereocenters. The van der Waals surface area contributed by atoms with Gasteiger partial charge in [-0.25, -0.2) is 22.0 Å². The number of halogens is 5. The molecule has 0 fully saturated rings. The Hall–Kier alpha value is -2.95. The standard InChI is InChI=1S/C28H25F5/c1-3-5-6-17-8-11-21(27(32)25(17)30)19-9-12-20-18(15-19)10-14-22(26(20)31)23-13-7-16(4-2)24(29)28(23)33/h7-8,10-11,13-15H,3-6,9,12H2,1-2H3. The molecule has 33 heavy (non-hydrogen) atoms. The van der Waals surface area contributed by atoms with Gasteiger partial charge in [-0.2, -0.15) is 0 Å². The van der Waals surface area contributed by atoms with Crippen LogP contribution in [-0.4, -0.2) is 0 Å². The number of fused-ring (bicyclic) bond motifs is 1. The van der Waals surface area contributed by atoms with Crippen LogP contribution in [0.25, 0.3) is 22.8 Å². The molecule has 172 valence electrons. The van der Waals surface area contributed by atoms with E-state index in [1.165, 1.54) is 18.2 Å². The van der Waals surface area contributed by atoms with Crippen molar-refractivity contribution in [2.24, 2.45) is 0 Å². The lowest BCUT2D eigenvalue weighted by molar-refractivity contribution is 0.494. The van der Waals surface area contributed by atoms with Crippen LogP contribution in [0.4, 0.5) is 22.0 Å². The molecule has 0 aliphatic heterocycles. The Balaban J connectivity index is 1.72. The highest BCUT2D eigenvalue weighted by molar-refractivity contribution is 5.86. The van der Waals surface area contributed by atoms with Gasteiger partial charge >= 0.3 is 0 Å². The summed E-state index contributed by atoms with van der Waals surface area (Å²) < 4.78 is 73.5. The zero-order valence-corrected chi connectivity index (χ0v) is 18.7. The summed E-state index contributed by atoms with van der Waals surface area (Å²) in [5, 5.41) is 0. The van der Waals surface area contributed by atoms with E-state index in [1.54, 1.807) is 31.2 Å². The van der Waals surface area contributed by atoms with E-state index in [2.05, 4.69) is 0 Å². The van der Waals surface area contributed by atoms with Gasteiger partial charge in [-0.3, -0.25) is 0 Å². The summed E-state index contributed by atoms with van der Waals surface area (Å²) in [5.74, 6) is -4.37. The number of allylic oxidation sites excluding steroid dienone is 1. The van der Waals surface area contributed by atoms with Crippen molar-refractivity contribution in [2.75, 3.05) is 0 Å². The maximum absolute atomic E-state index is 15.3. The lowest BCUT2D eigenvalue weighted by Gasteiger charge is -2.20. The molecule has 0 heterocycles. The number of hydrogen-bond donors (Lipinski definition) is 0. The number of hydrogen-bond acceptors (Lipinski definition) is 0. The van der Waals surface area contributed by atoms with Crippen LogP contribution in [0.1, 0.15) is 60.9 Å².